The van der Waals surface area contributed by atoms with Gasteiger partial charge in [0.15, 0.2) is 11.4 Å². The van der Waals surface area contributed by atoms with Gasteiger partial charge in [0.25, 0.3) is 5.91 Å². The maximum absolute atomic E-state index is 13.4. The van der Waals surface area contributed by atoms with Crippen LogP contribution in [0.25, 0.3) is 5.69 Å². The fourth-order valence-corrected chi connectivity index (χ4v) is 2.43. The van der Waals surface area contributed by atoms with Gasteiger partial charge in [-0.2, -0.15) is 5.10 Å². The predicted octanol–water partition coefficient (Wildman–Crippen LogP) is 2.95. The van der Waals surface area contributed by atoms with Crippen LogP contribution in [0, 0.1) is 5.82 Å². The van der Waals surface area contributed by atoms with Crippen LogP contribution in [-0.2, 0) is 0 Å². The summed E-state index contributed by atoms with van der Waals surface area (Å²) in [4.78, 5) is 18.4. The van der Waals surface area contributed by atoms with Crippen molar-refractivity contribution in [1.82, 2.24) is 19.7 Å². The number of hydrogen-bond acceptors (Lipinski definition) is 4. The van der Waals surface area contributed by atoms with Crippen LogP contribution in [0.2, 0.25) is 0 Å². The molecule has 3 rings (SSSR count). The summed E-state index contributed by atoms with van der Waals surface area (Å²) >= 11 is 0. The smallest absolute Gasteiger partial charge is 0.278 e. The van der Waals surface area contributed by atoms with Crippen LogP contribution in [0.3, 0.4) is 0 Å². The molecule has 1 atom stereocenters. The Labute approximate surface area is 144 Å². The molecule has 3 aromatic rings. The van der Waals surface area contributed by atoms with Crippen LogP contribution < -0.4 is 0 Å². The molecule has 0 aliphatic heterocycles. The summed E-state index contributed by atoms with van der Waals surface area (Å²) in [6, 6.07) is 10.9. The van der Waals surface area contributed by atoms with Crippen molar-refractivity contribution < 1.29 is 14.3 Å². The van der Waals surface area contributed by atoms with Crippen molar-refractivity contribution in [3.8, 4) is 11.4 Å². The van der Waals surface area contributed by atoms with Gasteiger partial charge in [-0.25, -0.2) is 9.07 Å². The number of nitrogens with zero attached hydrogens (tertiary/aromatic N) is 4. The van der Waals surface area contributed by atoms with Gasteiger partial charge in [-0.1, -0.05) is 12.1 Å². The van der Waals surface area contributed by atoms with Gasteiger partial charge in [-0.15, -0.1) is 0 Å². The summed E-state index contributed by atoms with van der Waals surface area (Å²) in [5.41, 5.74) is 1.03. The minimum absolute atomic E-state index is 0.102. The molecule has 0 bridgehead atoms. The summed E-state index contributed by atoms with van der Waals surface area (Å²) in [6.45, 7) is 1.83. The molecule has 1 amide bonds. The summed E-state index contributed by atoms with van der Waals surface area (Å²) in [5, 5.41) is 14.2. The highest BCUT2D eigenvalue weighted by molar-refractivity contribution is 5.94. The van der Waals surface area contributed by atoms with E-state index in [4.69, 9.17) is 0 Å². The molecule has 0 saturated heterocycles. The molecule has 7 heteroatoms. The number of halogens is 1. The molecule has 0 radical (unpaired) electrons. The molecule has 0 spiro atoms. The molecule has 1 aromatic carbocycles. The molecule has 25 heavy (non-hydrogen) atoms. The maximum atomic E-state index is 13.4. The number of amides is 1. The number of carbonyl (C=O) groups is 1. The predicted molar refractivity (Wildman–Crippen MR) is 89.9 cm³/mol. The maximum Gasteiger partial charge on any atom is 0.278 e. The number of benzene rings is 1. The Morgan fingerprint density at radius 3 is 2.76 bits per heavy atom. The van der Waals surface area contributed by atoms with Crippen molar-refractivity contribution >= 4 is 5.91 Å². The van der Waals surface area contributed by atoms with Crippen molar-refractivity contribution in [1.29, 1.82) is 0 Å². The number of rotatable bonds is 4. The largest absolute Gasteiger partial charge is 0.504 e. The zero-order valence-corrected chi connectivity index (χ0v) is 13.8. The lowest BCUT2D eigenvalue weighted by Gasteiger charge is -2.23. The molecular formula is C18H17FN4O2. The van der Waals surface area contributed by atoms with Crippen LogP contribution in [0.15, 0.2) is 54.9 Å². The molecule has 0 saturated carbocycles. The highest BCUT2D eigenvalue weighted by atomic mass is 19.1. The third kappa shape index (κ3) is 3.35. The van der Waals surface area contributed by atoms with Gasteiger partial charge in [-0.3, -0.25) is 9.78 Å². The van der Waals surface area contributed by atoms with Crippen molar-refractivity contribution in [2.24, 2.45) is 0 Å². The van der Waals surface area contributed by atoms with E-state index in [-0.39, 0.29) is 17.5 Å². The topological polar surface area (TPSA) is 71.2 Å². The van der Waals surface area contributed by atoms with Crippen LogP contribution in [-0.4, -0.2) is 37.7 Å². The molecule has 2 aromatic heterocycles. The van der Waals surface area contributed by atoms with E-state index in [1.165, 1.54) is 34.0 Å². The zero-order valence-electron chi connectivity index (χ0n) is 13.8. The first-order chi connectivity index (χ1) is 12.0. The summed E-state index contributed by atoms with van der Waals surface area (Å²) in [7, 11) is 1.61. The van der Waals surface area contributed by atoms with Gasteiger partial charge < -0.3 is 10.0 Å². The van der Waals surface area contributed by atoms with Gasteiger partial charge in [0.05, 0.1) is 23.6 Å². The summed E-state index contributed by atoms with van der Waals surface area (Å²) < 4.78 is 14.6. The van der Waals surface area contributed by atoms with Gasteiger partial charge >= 0.3 is 0 Å². The standard InChI is InChI=1S/C18H17FN4O2/c1-12(15-8-3-4-9-20-15)22(2)18(25)17-16(24)11-23(21-17)14-7-5-6-13(19)10-14/h3-12,24H,1-2H3. The SMILES string of the molecule is CC(c1ccccn1)N(C)C(=O)c1nn(-c2cccc(F)c2)cc1O. The van der Waals surface area contributed by atoms with Crippen molar-refractivity contribution in [3.63, 3.8) is 0 Å². The molecule has 1 unspecified atom stereocenters. The molecule has 1 N–H and O–H groups in total. The van der Waals surface area contributed by atoms with Crippen LogP contribution >= 0.6 is 0 Å². The Morgan fingerprint density at radius 1 is 1.28 bits per heavy atom. The first kappa shape index (κ1) is 16.6. The van der Waals surface area contributed by atoms with E-state index in [0.29, 0.717) is 5.69 Å². The molecule has 128 valence electrons. The first-order valence-electron chi connectivity index (χ1n) is 7.70. The molecule has 0 fully saturated rings. The van der Waals surface area contributed by atoms with E-state index in [1.54, 1.807) is 25.4 Å². The van der Waals surface area contributed by atoms with E-state index in [9.17, 15) is 14.3 Å². The zero-order chi connectivity index (χ0) is 18.0. The van der Waals surface area contributed by atoms with Crippen molar-refractivity contribution in [2.75, 3.05) is 7.05 Å². The number of aromatic hydroxyl groups is 1. The third-order valence-corrected chi connectivity index (χ3v) is 3.99. The lowest BCUT2D eigenvalue weighted by molar-refractivity contribution is 0.0730. The Balaban J connectivity index is 1.87. The van der Waals surface area contributed by atoms with E-state index < -0.39 is 11.7 Å². The quantitative estimate of drug-likeness (QED) is 0.793. The molecule has 0 aliphatic rings. The fourth-order valence-electron chi connectivity index (χ4n) is 2.43. The number of pyridine rings is 1. The first-order valence-corrected chi connectivity index (χ1v) is 7.70. The second-order valence-corrected chi connectivity index (χ2v) is 5.63. The van der Waals surface area contributed by atoms with E-state index >= 15 is 0 Å². The minimum Gasteiger partial charge on any atom is -0.504 e. The van der Waals surface area contributed by atoms with Crippen molar-refractivity contribution in [3.05, 3.63) is 72.1 Å². The van der Waals surface area contributed by atoms with Gasteiger partial charge in [0.2, 0.25) is 0 Å². The Hall–Kier alpha value is -3.22. The Kier molecular flexibility index (Phi) is 4.47. The lowest BCUT2D eigenvalue weighted by atomic mass is 10.2. The normalized spacial score (nSPS) is 12.0. The van der Waals surface area contributed by atoms with Crippen LogP contribution in [0.1, 0.15) is 29.1 Å². The number of aromatic nitrogens is 3. The molecule has 0 aliphatic carbocycles. The monoisotopic (exact) mass is 340 g/mol. The van der Waals surface area contributed by atoms with Gasteiger partial charge in [-0.05, 0) is 37.3 Å². The Bertz CT molecular complexity index is 895. The number of hydrogen-bond donors (Lipinski definition) is 1. The number of carbonyl (C=O) groups excluding carboxylic acids is 1. The second kappa shape index (κ2) is 6.72. The Morgan fingerprint density at radius 2 is 2.08 bits per heavy atom. The fraction of sp³-hybridized carbons (Fsp3) is 0.167. The summed E-state index contributed by atoms with van der Waals surface area (Å²) in [5.74, 6) is -1.15. The minimum atomic E-state index is -0.453. The lowest BCUT2D eigenvalue weighted by Crippen LogP contribution is -2.30. The highest BCUT2D eigenvalue weighted by Gasteiger charge is 2.25. The van der Waals surface area contributed by atoms with Gasteiger partial charge in [0, 0.05) is 13.2 Å². The van der Waals surface area contributed by atoms with E-state index in [1.807, 2.05) is 19.1 Å². The van der Waals surface area contributed by atoms with Gasteiger partial charge in [0.1, 0.15) is 5.82 Å². The second-order valence-electron chi connectivity index (χ2n) is 5.63. The van der Waals surface area contributed by atoms with Crippen molar-refractivity contribution in [2.45, 2.75) is 13.0 Å². The average molecular weight is 340 g/mol. The molecular weight excluding hydrogens is 323 g/mol. The third-order valence-electron chi connectivity index (χ3n) is 3.99. The van der Waals surface area contributed by atoms with Crippen LogP contribution in [0.4, 0.5) is 4.39 Å². The highest BCUT2D eigenvalue weighted by Crippen LogP contribution is 2.24. The molecule has 2 heterocycles. The average Bonchev–Trinajstić information content (AvgIpc) is 3.02. The van der Waals surface area contributed by atoms with Crippen LogP contribution in [0.5, 0.6) is 5.75 Å². The molecule has 6 nitrogen and oxygen atoms in total. The summed E-state index contributed by atoms with van der Waals surface area (Å²) in [6.07, 6.45) is 2.93. The van der Waals surface area contributed by atoms with E-state index in [0.717, 1.165) is 5.69 Å². The van der Waals surface area contributed by atoms with E-state index in [2.05, 4.69) is 10.1 Å².